The molecule has 6 aliphatic rings. The molecule has 3 unspecified atom stereocenters. The van der Waals surface area contributed by atoms with Gasteiger partial charge in [-0.3, -0.25) is 19.7 Å². The number of halogens is 1. The van der Waals surface area contributed by atoms with Crippen LogP contribution in [0.15, 0.2) is 23.1 Å². The zero-order valence-corrected chi connectivity index (χ0v) is 23.8. The van der Waals surface area contributed by atoms with Gasteiger partial charge in [-0.15, -0.1) is 23.4 Å². The summed E-state index contributed by atoms with van der Waals surface area (Å²) in [5, 5.41) is 6.35. The average Bonchev–Trinajstić information content (AvgIpc) is 3.18. The maximum absolute atomic E-state index is 13.0. The van der Waals surface area contributed by atoms with Crippen molar-refractivity contribution in [3.8, 4) is 0 Å². The van der Waals surface area contributed by atoms with Crippen LogP contribution in [0.3, 0.4) is 0 Å². The van der Waals surface area contributed by atoms with Crippen LogP contribution in [-0.4, -0.2) is 51.4 Å². The molecule has 1 saturated heterocycles. The second kappa shape index (κ2) is 10.8. The first kappa shape index (κ1) is 26.6. The third-order valence-electron chi connectivity index (χ3n) is 9.61. The fraction of sp³-hybridized carbons (Fsp3) is 0.700. The van der Waals surface area contributed by atoms with Crippen LogP contribution in [0.1, 0.15) is 99.4 Å². The smallest absolute Gasteiger partial charge is 0.255 e. The number of amides is 3. The lowest BCUT2D eigenvalue weighted by molar-refractivity contribution is -0.136. The molecule has 2 heterocycles. The first-order chi connectivity index (χ1) is 18.3. The molecular formula is C30H40ClN3O3S. The van der Waals surface area contributed by atoms with E-state index in [1.807, 2.05) is 23.9 Å². The average molecular weight is 558 g/mol. The highest BCUT2D eigenvalue weighted by Gasteiger charge is 2.56. The van der Waals surface area contributed by atoms with Crippen molar-refractivity contribution >= 4 is 41.1 Å². The monoisotopic (exact) mass is 557 g/mol. The Hall–Kier alpha value is -1.57. The van der Waals surface area contributed by atoms with E-state index in [-0.39, 0.29) is 29.0 Å². The van der Waals surface area contributed by atoms with Crippen LogP contribution in [0.25, 0.3) is 0 Å². The van der Waals surface area contributed by atoms with E-state index in [2.05, 4.69) is 16.7 Å². The molecule has 206 valence electrons. The second-order valence-corrected chi connectivity index (χ2v) is 14.6. The molecule has 6 nitrogen and oxygen atoms in total. The van der Waals surface area contributed by atoms with Crippen LogP contribution in [-0.2, 0) is 16.1 Å². The topological polar surface area (TPSA) is 78.5 Å². The molecule has 2 aliphatic heterocycles. The van der Waals surface area contributed by atoms with Crippen molar-refractivity contribution in [1.82, 2.24) is 15.5 Å². The number of piperidine rings is 1. The molecule has 2 N–H and O–H groups in total. The Bertz CT molecular complexity index is 1100. The lowest BCUT2D eigenvalue weighted by Gasteiger charge is -2.60. The third kappa shape index (κ3) is 5.40. The van der Waals surface area contributed by atoms with Crippen LogP contribution < -0.4 is 10.6 Å². The Kier molecular flexibility index (Phi) is 7.56. The summed E-state index contributed by atoms with van der Waals surface area (Å²) in [7, 11) is 0. The number of hydrogen-bond acceptors (Lipinski definition) is 5. The molecule has 0 aromatic heterocycles. The fourth-order valence-electron chi connectivity index (χ4n) is 8.34. The molecule has 7 rings (SSSR count). The summed E-state index contributed by atoms with van der Waals surface area (Å²) in [6.45, 7) is 1.57. The van der Waals surface area contributed by atoms with Crippen molar-refractivity contribution in [2.45, 2.75) is 111 Å². The van der Waals surface area contributed by atoms with E-state index in [4.69, 9.17) is 11.6 Å². The minimum atomic E-state index is -0.557. The van der Waals surface area contributed by atoms with Gasteiger partial charge in [0.2, 0.25) is 11.8 Å². The van der Waals surface area contributed by atoms with Gasteiger partial charge >= 0.3 is 0 Å². The lowest BCUT2D eigenvalue weighted by atomic mass is 9.52. The van der Waals surface area contributed by atoms with Gasteiger partial charge in [0, 0.05) is 33.8 Å². The van der Waals surface area contributed by atoms with Gasteiger partial charge in [-0.25, -0.2) is 0 Å². The largest absolute Gasteiger partial charge is 0.322 e. The number of nitrogens with one attached hydrogen (secondary N) is 2. The minimum absolute atomic E-state index is 0.0874. The van der Waals surface area contributed by atoms with Crippen LogP contribution >= 0.6 is 23.4 Å². The number of nitrogens with zero attached hydrogens (tertiary/aromatic N) is 1. The number of hydrogen-bond donors (Lipinski definition) is 2. The Morgan fingerprint density at radius 3 is 2.55 bits per heavy atom. The van der Waals surface area contributed by atoms with E-state index in [0.717, 1.165) is 41.0 Å². The van der Waals surface area contributed by atoms with E-state index >= 15 is 0 Å². The van der Waals surface area contributed by atoms with Gasteiger partial charge in [0.25, 0.3) is 5.91 Å². The number of alkyl halides is 1. The third-order valence-corrected chi connectivity index (χ3v) is 11.2. The number of fused-ring (bicyclic) bond motifs is 1. The maximum Gasteiger partial charge on any atom is 0.255 e. The summed E-state index contributed by atoms with van der Waals surface area (Å²) in [4.78, 5) is 39.7. The predicted octanol–water partition coefficient (Wildman–Crippen LogP) is 5.41. The first-order valence-electron chi connectivity index (χ1n) is 14.7. The molecule has 38 heavy (non-hydrogen) atoms. The molecule has 5 fully saturated rings. The Balaban J connectivity index is 0.899. The standard InChI is InChI=1S/C30H40ClN3O3S/c31-29-14-20-13-21(15-29)17-30(16-20,19-29)32-11-4-2-1-3-5-12-38-25-8-6-7-22-23(25)18-34(28(22)37)24-9-10-26(35)33-27(24)36/h6-8,20-21,24,32H,1-5,9-19H2,(H,33,35,36). The van der Waals surface area contributed by atoms with Crippen molar-refractivity contribution in [1.29, 1.82) is 0 Å². The van der Waals surface area contributed by atoms with Crippen molar-refractivity contribution in [2.24, 2.45) is 11.8 Å². The molecule has 4 aliphatic carbocycles. The van der Waals surface area contributed by atoms with Crippen molar-refractivity contribution in [3.05, 3.63) is 29.3 Å². The molecule has 1 aromatic rings. The first-order valence-corrected chi connectivity index (χ1v) is 16.0. The highest BCUT2D eigenvalue weighted by Crippen LogP contribution is 2.60. The van der Waals surface area contributed by atoms with E-state index in [1.165, 1.54) is 64.2 Å². The summed E-state index contributed by atoms with van der Waals surface area (Å²) in [6, 6.07) is 5.33. The molecule has 4 bridgehead atoms. The molecule has 0 radical (unpaired) electrons. The van der Waals surface area contributed by atoms with Crippen molar-refractivity contribution < 1.29 is 14.4 Å². The second-order valence-electron chi connectivity index (χ2n) is 12.6. The fourth-order valence-corrected chi connectivity index (χ4v) is 10.1. The molecule has 1 aromatic carbocycles. The van der Waals surface area contributed by atoms with Crippen LogP contribution in [0.4, 0.5) is 0 Å². The van der Waals surface area contributed by atoms with E-state index < -0.39 is 6.04 Å². The van der Waals surface area contributed by atoms with E-state index in [1.54, 1.807) is 4.90 Å². The number of imide groups is 1. The van der Waals surface area contributed by atoms with Crippen molar-refractivity contribution in [2.75, 3.05) is 12.3 Å². The molecule has 3 amide bonds. The number of carbonyl (C=O) groups excluding carboxylic acids is 3. The molecule has 0 spiro atoms. The van der Waals surface area contributed by atoms with Crippen molar-refractivity contribution in [3.63, 3.8) is 0 Å². The quantitative estimate of drug-likeness (QED) is 0.165. The molecular weight excluding hydrogens is 518 g/mol. The summed E-state index contributed by atoms with van der Waals surface area (Å²) < 4.78 is 0. The summed E-state index contributed by atoms with van der Waals surface area (Å²) in [5.74, 6) is 2.03. The van der Waals surface area contributed by atoms with Crippen LogP contribution in [0.5, 0.6) is 0 Å². The molecule has 4 saturated carbocycles. The lowest BCUT2D eigenvalue weighted by Crippen LogP contribution is -2.63. The summed E-state index contributed by atoms with van der Waals surface area (Å²) in [6.07, 6.45) is 14.6. The molecule has 3 atom stereocenters. The van der Waals surface area contributed by atoms with Crippen LogP contribution in [0.2, 0.25) is 0 Å². The number of thioether (sulfide) groups is 1. The summed E-state index contributed by atoms with van der Waals surface area (Å²) >= 11 is 8.80. The van der Waals surface area contributed by atoms with Gasteiger partial charge in [0.1, 0.15) is 6.04 Å². The van der Waals surface area contributed by atoms with Gasteiger partial charge in [-0.2, -0.15) is 0 Å². The SMILES string of the molecule is O=C1CCC(N2Cc3c(SCCCCCCCNC45CC6CC(CC(Cl)(C6)C4)C5)cccc3C2=O)C(=O)N1. The number of unbranched alkanes of at least 4 members (excludes halogenated alkanes) is 4. The van der Waals surface area contributed by atoms with Gasteiger partial charge in [0.05, 0.1) is 0 Å². The highest BCUT2D eigenvalue weighted by atomic mass is 35.5. The predicted molar refractivity (Wildman–Crippen MR) is 150 cm³/mol. The van der Waals surface area contributed by atoms with E-state index in [9.17, 15) is 14.4 Å². The van der Waals surface area contributed by atoms with Gasteiger partial charge < -0.3 is 10.2 Å². The Labute approximate surface area is 235 Å². The highest BCUT2D eigenvalue weighted by molar-refractivity contribution is 7.99. The van der Waals surface area contributed by atoms with Gasteiger partial charge in [0.15, 0.2) is 0 Å². The van der Waals surface area contributed by atoms with E-state index in [0.29, 0.717) is 24.1 Å². The number of rotatable bonds is 11. The Morgan fingerprint density at radius 2 is 1.79 bits per heavy atom. The summed E-state index contributed by atoms with van der Waals surface area (Å²) in [5.41, 5.74) is 2.06. The van der Waals surface area contributed by atoms with Gasteiger partial charge in [-0.05, 0) is 99.6 Å². The molecule has 8 heteroatoms. The Morgan fingerprint density at radius 1 is 1.03 bits per heavy atom. The number of benzene rings is 1. The number of carbonyl (C=O) groups is 3. The van der Waals surface area contributed by atoms with Gasteiger partial charge in [-0.1, -0.05) is 25.3 Å². The van der Waals surface area contributed by atoms with Crippen LogP contribution in [0, 0.1) is 11.8 Å². The zero-order chi connectivity index (χ0) is 26.3. The minimum Gasteiger partial charge on any atom is -0.322 e. The zero-order valence-electron chi connectivity index (χ0n) is 22.2. The maximum atomic E-state index is 13.0. The normalized spacial score (nSPS) is 33.7.